The van der Waals surface area contributed by atoms with Gasteiger partial charge in [0.1, 0.15) is 11.5 Å². The van der Waals surface area contributed by atoms with E-state index in [2.05, 4.69) is 5.09 Å². The third-order valence-electron chi connectivity index (χ3n) is 1.92. The van der Waals surface area contributed by atoms with Gasteiger partial charge >= 0.3 is 6.87 Å². The van der Waals surface area contributed by atoms with E-state index in [1.54, 1.807) is 37.3 Å². The highest BCUT2D eigenvalue weighted by molar-refractivity contribution is 7.84. The van der Waals surface area contributed by atoms with E-state index in [4.69, 9.17) is 15.8 Å². The molecule has 0 radical (unpaired) electrons. The summed E-state index contributed by atoms with van der Waals surface area (Å²) in [5.41, 5.74) is 0. The summed E-state index contributed by atoms with van der Waals surface area (Å²) < 4.78 is 16.9. The summed E-state index contributed by atoms with van der Waals surface area (Å²) in [5, 5.41) is 2.45. The number of benzene rings is 1. The minimum atomic E-state index is -3.52. The molecule has 0 bridgehead atoms. The topological polar surface area (TPSA) is 55.4 Å². The molecule has 1 aromatic rings. The van der Waals surface area contributed by atoms with Crippen LogP contribution in [0, 0.1) is 0 Å². The van der Waals surface area contributed by atoms with E-state index in [1.165, 1.54) is 6.92 Å². The molecule has 0 spiro atoms. The number of rotatable bonds is 5. The lowest BCUT2D eigenvalue weighted by Gasteiger charge is -2.17. The van der Waals surface area contributed by atoms with Crippen molar-refractivity contribution in [3.8, 4) is 5.75 Å². The summed E-state index contributed by atoms with van der Waals surface area (Å²) in [7, 11) is 0. The van der Waals surface area contributed by atoms with Crippen molar-refractivity contribution < 1.29 is 13.9 Å². The molecule has 0 amide bonds. The number of hydrogen-bond acceptors (Lipinski definition) is 3. The molecule has 4 nitrogen and oxygen atoms in total. The van der Waals surface area contributed by atoms with E-state index in [1.807, 2.05) is 0 Å². The highest BCUT2D eigenvalue weighted by atomic mass is 35.7. The Morgan fingerprint density at radius 1 is 1.44 bits per heavy atom. The van der Waals surface area contributed by atoms with E-state index in [0.717, 1.165) is 0 Å². The molecular weight excluding hydrogens is 249 g/mol. The number of carbonyl (C=O) groups excluding carboxylic acids is 1. The minimum absolute atomic E-state index is 0.155. The Hall–Kier alpha value is -0.830. The molecule has 0 fully saturated rings. The van der Waals surface area contributed by atoms with Gasteiger partial charge in [-0.1, -0.05) is 18.2 Å². The van der Waals surface area contributed by atoms with Crippen LogP contribution in [0.1, 0.15) is 13.8 Å². The van der Waals surface area contributed by atoms with Crippen LogP contribution in [0.5, 0.6) is 5.75 Å². The van der Waals surface area contributed by atoms with Crippen LogP contribution in [-0.4, -0.2) is 11.8 Å². The number of ketones is 1. The maximum absolute atomic E-state index is 11.8. The predicted molar refractivity (Wildman–Crippen MR) is 63.8 cm³/mol. The Bertz CT molecular complexity index is 410. The zero-order valence-corrected chi connectivity index (χ0v) is 10.7. The molecule has 16 heavy (non-hydrogen) atoms. The number of carbonyl (C=O) groups is 1. The van der Waals surface area contributed by atoms with Gasteiger partial charge in [-0.2, -0.15) is 0 Å². The van der Waals surface area contributed by atoms with E-state index in [-0.39, 0.29) is 5.78 Å². The van der Waals surface area contributed by atoms with Crippen molar-refractivity contribution in [2.24, 2.45) is 0 Å². The number of Topliss-reactive ketones (excluding diaryl/α,β-unsaturated/α-hetero) is 1. The standard InChI is InChI=1S/C10H13ClNO3P/c1-8(9(2)13)12-16(11,14)15-10-6-4-3-5-7-10/h3-8H,1-2H3,(H,12,14)/t8-,16?/m0/s1. The van der Waals surface area contributed by atoms with E-state index in [0.29, 0.717) is 5.75 Å². The Balaban J connectivity index is 2.66. The van der Waals surface area contributed by atoms with Crippen molar-refractivity contribution in [2.75, 3.05) is 0 Å². The fourth-order valence-electron chi connectivity index (χ4n) is 0.965. The fourth-order valence-corrected chi connectivity index (χ4v) is 2.73. The number of hydrogen-bond donors (Lipinski definition) is 1. The van der Waals surface area contributed by atoms with E-state index in [9.17, 15) is 9.36 Å². The molecular formula is C10H13ClNO3P. The van der Waals surface area contributed by atoms with E-state index < -0.39 is 12.9 Å². The van der Waals surface area contributed by atoms with Crippen LogP contribution in [0.2, 0.25) is 0 Å². The first-order chi connectivity index (χ1) is 7.41. The van der Waals surface area contributed by atoms with Crippen molar-refractivity contribution >= 4 is 23.9 Å². The molecule has 88 valence electrons. The maximum atomic E-state index is 11.8. The maximum Gasteiger partial charge on any atom is 0.409 e. The second-order valence-corrected chi connectivity index (χ2v) is 6.08. The molecule has 1 aromatic carbocycles. The van der Waals surface area contributed by atoms with Crippen LogP contribution in [0.25, 0.3) is 0 Å². The van der Waals surface area contributed by atoms with Crippen LogP contribution in [0.15, 0.2) is 30.3 Å². The summed E-state index contributed by atoms with van der Waals surface area (Å²) in [6, 6.07) is 7.94. The van der Waals surface area contributed by atoms with Crippen LogP contribution in [-0.2, 0) is 9.36 Å². The van der Waals surface area contributed by atoms with Crippen molar-refractivity contribution in [3.05, 3.63) is 30.3 Å². The highest BCUT2D eigenvalue weighted by Gasteiger charge is 2.25. The van der Waals surface area contributed by atoms with Gasteiger partial charge in [0.2, 0.25) is 0 Å². The van der Waals surface area contributed by atoms with Gasteiger partial charge in [0, 0.05) is 11.2 Å². The lowest BCUT2D eigenvalue weighted by Crippen LogP contribution is -2.29. The average molecular weight is 262 g/mol. The first-order valence-electron chi connectivity index (χ1n) is 4.73. The molecule has 0 aromatic heterocycles. The first-order valence-corrected chi connectivity index (χ1v) is 7.26. The molecule has 1 unspecified atom stereocenters. The lowest BCUT2D eigenvalue weighted by atomic mass is 10.3. The number of nitrogens with one attached hydrogen (secondary N) is 1. The van der Waals surface area contributed by atoms with Crippen molar-refractivity contribution in [1.29, 1.82) is 0 Å². The first kappa shape index (κ1) is 13.2. The second kappa shape index (κ2) is 5.48. The lowest BCUT2D eigenvalue weighted by molar-refractivity contribution is -0.118. The third kappa shape index (κ3) is 4.35. The van der Waals surface area contributed by atoms with Crippen LogP contribution in [0.4, 0.5) is 0 Å². The Labute approximate surface area is 99.2 Å². The molecule has 0 aliphatic heterocycles. The molecule has 0 aliphatic carbocycles. The summed E-state index contributed by atoms with van der Waals surface area (Å²) in [5.74, 6) is 0.238. The Morgan fingerprint density at radius 2 is 2.00 bits per heavy atom. The summed E-state index contributed by atoms with van der Waals surface area (Å²) >= 11 is 5.68. The normalized spacial score (nSPS) is 16.2. The van der Waals surface area contributed by atoms with Crippen molar-refractivity contribution in [2.45, 2.75) is 19.9 Å². The van der Waals surface area contributed by atoms with Gasteiger partial charge in [0.05, 0.1) is 6.04 Å². The van der Waals surface area contributed by atoms with Crippen LogP contribution in [0.3, 0.4) is 0 Å². The minimum Gasteiger partial charge on any atom is -0.422 e. The average Bonchev–Trinajstić information content (AvgIpc) is 2.17. The van der Waals surface area contributed by atoms with Gasteiger partial charge in [-0.05, 0) is 26.0 Å². The largest absolute Gasteiger partial charge is 0.422 e. The Kier molecular flexibility index (Phi) is 4.54. The summed E-state index contributed by atoms with van der Waals surface area (Å²) in [4.78, 5) is 11.0. The highest BCUT2D eigenvalue weighted by Crippen LogP contribution is 2.48. The molecule has 0 saturated heterocycles. The molecule has 2 atom stereocenters. The quantitative estimate of drug-likeness (QED) is 0.828. The van der Waals surface area contributed by atoms with Gasteiger partial charge in [-0.3, -0.25) is 4.79 Å². The fraction of sp³-hybridized carbons (Fsp3) is 0.300. The van der Waals surface area contributed by atoms with Crippen molar-refractivity contribution in [3.63, 3.8) is 0 Å². The molecule has 0 saturated carbocycles. The zero-order valence-electron chi connectivity index (χ0n) is 9.01. The molecule has 1 N–H and O–H groups in total. The molecule has 0 heterocycles. The van der Waals surface area contributed by atoms with Gasteiger partial charge < -0.3 is 4.52 Å². The molecule has 6 heteroatoms. The van der Waals surface area contributed by atoms with Gasteiger partial charge in [0.25, 0.3) is 0 Å². The molecule has 0 aliphatic rings. The van der Waals surface area contributed by atoms with Crippen molar-refractivity contribution in [1.82, 2.24) is 5.09 Å². The van der Waals surface area contributed by atoms with Gasteiger partial charge in [-0.15, -0.1) is 0 Å². The van der Waals surface area contributed by atoms with Crippen LogP contribution < -0.4 is 9.61 Å². The summed E-state index contributed by atoms with van der Waals surface area (Å²) in [6.45, 7) is -0.562. The molecule has 1 rings (SSSR count). The number of halogens is 1. The van der Waals surface area contributed by atoms with Crippen LogP contribution >= 0.6 is 18.1 Å². The summed E-state index contributed by atoms with van der Waals surface area (Å²) in [6.07, 6.45) is 0. The SMILES string of the molecule is CC(=O)[C@H](C)NP(=O)(Cl)Oc1ccccc1. The number of para-hydroxylation sites is 1. The predicted octanol–water partition coefficient (Wildman–Crippen LogP) is 2.98. The second-order valence-electron chi connectivity index (χ2n) is 3.35. The smallest absolute Gasteiger partial charge is 0.409 e. The third-order valence-corrected chi connectivity index (χ3v) is 3.56. The van der Waals surface area contributed by atoms with Gasteiger partial charge in [0.15, 0.2) is 0 Å². The Morgan fingerprint density at radius 3 is 2.50 bits per heavy atom. The zero-order chi connectivity index (χ0) is 12.2. The monoisotopic (exact) mass is 261 g/mol. The van der Waals surface area contributed by atoms with E-state index >= 15 is 0 Å². The van der Waals surface area contributed by atoms with Gasteiger partial charge in [-0.25, -0.2) is 9.65 Å².